The molecule has 1 fully saturated rings. The molecule has 0 saturated carbocycles. The van der Waals surface area contributed by atoms with Crippen LogP contribution >= 0.6 is 0 Å². The zero-order valence-corrected chi connectivity index (χ0v) is 10.7. The fourth-order valence-corrected chi connectivity index (χ4v) is 2.07. The summed E-state index contributed by atoms with van der Waals surface area (Å²) in [5, 5.41) is 12.1. The van der Waals surface area contributed by atoms with Crippen molar-refractivity contribution >= 4 is 5.97 Å². The molecule has 2 N–H and O–H groups in total. The lowest BCUT2D eigenvalue weighted by Gasteiger charge is -2.41. The van der Waals surface area contributed by atoms with E-state index in [0.29, 0.717) is 12.6 Å². The van der Waals surface area contributed by atoms with E-state index in [-0.39, 0.29) is 0 Å². The van der Waals surface area contributed by atoms with Crippen molar-refractivity contribution < 1.29 is 9.90 Å². The van der Waals surface area contributed by atoms with Crippen molar-refractivity contribution in [1.29, 1.82) is 0 Å². The Morgan fingerprint density at radius 3 is 2.62 bits per heavy atom. The van der Waals surface area contributed by atoms with Gasteiger partial charge in [0.1, 0.15) is 5.54 Å². The highest BCUT2D eigenvalue weighted by molar-refractivity contribution is 5.78. The first-order valence-electron chi connectivity index (χ1n) is 5.74. The molecule has 0 aromatic heterocycles. The van der Waals surface area contributed by atoms with Crippen LogP contribution in [0.15, 0.2) is 0 Å². The first-order chi connectivity index (χ1) is 7.39. The van der Waals surface area contributed by atoms with Crippen LogP contribution in [0.2, 0.25) is 0 Å². The molecule has 94 valence electrons. The summed E-state index contributed by atoms with van der Waals surface area (Å²) in [7, 11) is 3.80. The molecular weight excluding hydrogens is 206 g/mol. The predicted octanol–water partition coefficient (Wildman–Crippen LogP) is -0.315. The molecular formula is C11H23N3O2. The van der Waals surface area contributed by atoms with Gasteiger partial charge in [0.25, 0.3) is 0 Å². The second-order valence-electron chi connectivity index (χ2n) is 4.97. The smallest absolute Gasteiger partial charge is 0.324 e. The summed E-state index contributed by atoms with van der Waals surface area (Å²) in [4.78, 5) is 15.7. The molecule has 0 aromatic carbocycles. The van der Waals surface area contributed by atoms with E-state index in [4.69, 9.17) is 0 Å². The number of aliphatic carboxylic acids is 1. The average Bonchev–Trinajstić information content (AvgIpc) is 2.22. The van der Waals surface area contributed by atoms with Gasteiger partial charge in [-0.25, -0.2) is 0 Å². The highest BCUT2D eigenvalue weighted by Crippen LogP contribution is 2.13. The van der Waals surface area contributed by atoms with Crippen LogP contribution < -0.4 is 5.32 Å². The van der Waals surface area contributed by atoms with Gasteiger partial charge >= 0.3 is 5.97 Å². The van der Waals surface area contributed by atoms with Crippen molar-refractivity contribution in [3.05, 3.63) is 0 Å². The highest BCUT2D eigenvalue weighted by Gasteiger charge is 2.35. The number of carboxylic acid groups (broad SMARTS) is 1. The molecule has 0 amide bonds. The Labute approximate surface area is 97.4 Å². The van der Waals surface area contributed by atoms with Crippen LogP contribution in [0.1, 0.15) is 13.8 Å². The van der Waals surface area contributed by atoms with Gasteiger partial charge in [-0.05, 0) is 27.9 Å². The van der Waals surface area contributed by atoms with E-state index in [9.17, 15) is 9.90 Å². The van der Waals surface area contributed by atoms with Gasteiger partial charge in [0.2, 0.25) is 0 Å². The van der Waals surface area contributed by atoms with Crippen LogP contribution in [-0.4, -0.2) is 72.7 Å². The normalized spacial score (nSPS) is 27.6. The molecule has 2 unspecified atom stereocenters. The van der Waals surface area contributed by atoms with Gasteiger partial charge in [-0.3, -0.25) is 9.69 Å². The van der Waals surface area contributed by atoms with Crippen LogP contribution in [0, 0.1) is 0 Å². The number of hydrogen-bond acceptors (Lipinski definition) is 4. The Hall–Kier alpha value is -0.650. The van der Waals surface area contributed by atoms with Crippen LogP contribution in [0.25, 0.3) is 0 Å². The molecule has 0 bridgehead atoms. The third kappa shape index (κ3) is 2.93. The van der Waals surface area contributed by atoms with E-state index >= 15 is 0 Å². The molecule has 0 spiro atoms. The first kappa shape index (κ1) is 13.4. The lowest BCUT2D eigenvalue weighted by Crippen LogP contribution is -2.60. The van der Waals surface area contributed by atoms with Gasteiger partial charge < -0.3 is 15.3 Å². The first-order valence-corrected chi connectivity index (χ1v) is 5.74. The average molecular weight is 229 g/mol. The fourth-order valence-electron chi connectivity index (χ4n) is 2.07. The lowest BCUT2D eigenvalue weighted by atomic mass is 10.0. The zero-order valence-electron chi connectivity index (χ0n) is 10.7. The second-order valence-corrected chi connectivity index (χ2v) is 4.97. The third-order valence-corrected chi connectivity index (χ3v) is 3.51. The van der Waals surface area contributed by atoms with E-state index in [2.05, 4.69) is 29.1 Å². The summed E-state index contributed by atoms with van der Waals surface area (Å²) in [5.74, 6) is -0.791. The summed E-state index contributed by atoms with van der Waals surface area (Å²) < 4.78 is 0. The molecule has 1 aliphatic heterocycles. The molecule has 16 heavy (non-hydrogen) atoms. The van der Waals surface area contributed by atoms with Crippen molar-refractivity contribution in [2.45, 2.75) is 25.4 Å². The molecule has 0 aromatic rings. The number of rotatable bonds is 4. The van der Waals surface area contributed by atoms with Gasteiger partial charge in [0.05, 0.1) is 0 Å². The van der Waals surface area contributed by atoms with E-state index in [1.807, 2.05) is 0 Å². The molecule has 0 aliphatic carbocycles. The lowest BCUT2D eigenvalue weighted by molar-refractivity contribution is -0.145. The Kier molecular flexibility index (Phi) is 4.29. The van der Waals surface area contributed by atoms with Crippen LogP contribution in [0.5, 0.6) is 0 Å². The highest BCUT2D eigenvalue weighted by atomic mass is 16.4. The van der Waals surface area contributed by atoms with E-state index in [1.54, 1.807) is 14.0 Å². The SMILES string of the molecule is CNC(C)(CN1CCN(C)CC1C)C(=O)O. The zero-order chi connectivity index (χ0) is 12.3. The minimum Gasteiger partial charge on any atom is -0.480 e. The maximum absolute atomic E-state index is 11.2. The number of carboxylic acids is 1. The van der Waals surface area contributed by atoms with Crippen molar-refractivity contribution in [3.63, 3.8) is 0 Å². The topological polar surface area (TPSA) is 55.8 Å². The number of likely N-dealkylation sites (N-methyl/N-ethyl adjacent to an activating group) is 2. The second kappa shape index (κ2) is 5.12. The molecule has 1 heterocycles. The van der Waals surface area contributed by atoms with E-state index in [0.717, 1.165) is 19.6 Å². The summed E-state index contributed by atoms with van der Waals surface area (Å²) in [6.07, 6.45) is 0. The Morgan fingerprint density at radius 2 is 2.19 bits per heavy atom. The molecule has 5 nitrogen and oxygen atoms in total. The maximum Gasteiger partial charge on any atom is 0.324 e. The summed E-state index contributed by atoms with van der Waals surface area (Å²) in [6.45, 7) is 7.37. The Balaban J connectivity index is 2.62. The summed E-state index contributed by atoms with van der Waals surface area (Å²) in [6, 6.07) is 0.408. The fraction of sp³-hybridized carbons (Fsp3) is 0.909. The number of nitrogens with one attached hydrogen (secondary N) is 1. The third-order valence-electron chi connectivity index (χ3n) is 3.51. The van der Waals surface area contributed by atoms with E-state index < -0.39 is 11.5 Å². The van der Waals surface area contributed by atoms with Crippen LogP contribution in [0.3, 0.4) is 0 Å². The number of hydrogen-bond donors (Lipinski definition) is 2. The van der Waals surface area contributed by atoms with Crippen molar-refractivity contribution in [1.82, 2.24) is 15.1 Å². The molecule has 5 heteroatoms. The van der Waals surface area contributed by atoms with Gasteiger partial charge in [-0.2, -0.15) is 0 Å². The maximum atomic E-state index is 11.2. The summed E-state index contributed by atoms with van der Waals surface area (Å²) >= 11 is 0. The van der Waals surface area contributed by atoms with Crippen LogP contribution in [0.4, 0.5) is 0 Å². The molecule has 0 radical (unpaired) electrons. The van der Waals surface area contributed by atoms with Gasteiger partial charge in [0.15, 0.2) is 0 Å². The monoisotopic (exact) mass is 229 g/mol. The number of carbonyl (C=O) groups is 1. The minimum absolute atomic E-state index is 0.408. The standard InChI is InChI=1S/C11H23N3O2/c1-9-7-13(4)5-6-14(9)8-11(2,12-3)10(15)16/h9,12H,5-8H2,1-4H3,(H,15,16). The number of piperazine rings is 1. The molecule has 1 aliphatic rings. The van der Waals surface area contributed by atoms with Crippen molar-refractivity contribution in [2.24, 2.45) is 0 Å². The molecule has 1 rings (SSSR count). The summed E-state index contributed by atoms with van der Waals surface area (Å²) in [5.41, 5.74) is -0.857. The Bertz CT molecular complexity index is 260. The quantitative estimate of drug-likeness (QED) is 0.692. The van der Waals surface area contributed by atoms with Crippen LogP contribution in [-0.2, 0) is 4.79 Å². The van der Waals surface area contributed by atoms with Gasteiger partial charge in [0, 0.05) is 32.2 Å². The predicted molar refractivity (Wildman–Crippen MR) is 63.6 cm³/mol. The van der Waals surface area contributed by atoms with Crippen molar-refractivity contribution in [2.75, 3.05) is 40.3 Å². The van der Waals surface area contributed by atoms with E-state index in [1.165, 1.54) is 0 Å². The Morgan fingerprint density at radius 1 is 1.56 bits per heavy atom. The largest absolute Gasteiger partial charge is 0.480 e. The number of nitrogens with zero attached hydrogens (tertiary/aromatic N) is 2. The molecule has 2 atom stereocenters. The van der Waals surface area contributed by atoms with Crippen molar-refractivity contribution in [3.8, 4) is 0 Å². The van der Waals surface area contributed by atoms with Gasteiger partial charge in [-0.1, -0.05) is 0 Å². The minimum atomic E-state index is -0.857. The van der Waals surface area contributed by atoms with Gasteiger partial charge in [-0.15, -0.1) is 0 Å². The molecule has 1 saturated heterocycles.